The van der Waals surface area contributed by atoms with E-state index >= 15 is 0 Å². The van der Waals surface area contributed by atoms with Crippen molar-refractivity contribution in [3.8, 4) is 0 Å². The van der Waals surface area contributed by atoms with Gasteiger partial charge < -0.3 is 23.8 Å². The van der Waals surface area contributed by atoms with Crippen molar-refractivity contribution in [2.24, 2.45) is 0 Å². The van der Waals surface area contributed by atoms with E-state index in [1.807, 2.05) is 21.1 Å². The van der Waals surface area contributed by atoms with E-state index in [2.05, 4.69) is 98.9 Å². The van der Waals surface area contributed by atoms with Crippen LogP contribution in [0.15, 0.2) is 85.1 Å². The predicted octanol–water partition coefficient (Wildman–Crippen LogP) is 13.3. The second kappa shape index (κ2) is 42.2. The van der Waals surface area contributed by atoms with Crippen molar-refractivity contribution in [3.05, 3.63) is 85.1 Å². The highest BCUT2D eigenvalue weighted by Crippen LogP contribution is 2.13. The van der Waals surface area contributed by atoms with E-state index < -0.39 is 18.1 Å². The number of hydrogen-bond acceptors (Lipinski definition) is 6. The number of allylic oxidation sites excluding steroid dienone is 14. The molecule has 2 unspecified atom stereocenters. The number of hydrogen-bond donors (Lipinski definition) is 1. The number of likely N-dealkylation sites (N-methyl/N-ethyl adjacent to an activating group) is 1. The number of carbonyl (C=O) groups excluding carboxylic acids is 2. The molecule has 0 bridgehead atoms. The maximum atomic E-state index is 12.7. The number of aliphatic carboxylic acids is 1. The lowest BCUT2D eigenvalue weighted by atomic mass is 10.1. The van der Waals surface area contributed by atoms with Crippen LogP contribution in [0.5, 0.6) is 0 Å². The zero-order valence-corrected chi connectivity index (χ0v) is 38.9. The second-order valence-electron chi connectivity index (χ2n) is 16.6. The molecule has 0 amide bonds. The topological polar surface area (TPSA) is 99.1 Å². The predicted molar refractivity (Wildman–Crippen MR) is 252 cm³/mol. The first-order valence-corrected chi connectivity index (χ1v) is 23.6. The fourth-order valence-electron chi connectivity index (χ4n) is 6.38. The number of unbranched alkanes of at least 4 members (excludes halogenated alkanes) is 13. The van der Waals surface area contributed by atoms with Crippen molar-refractivity contribution in [1.82, 2.24) is 0 Å². The minimum atomic E-state index is -0.885. The standard InChI is InChI=1S/C52H87NO7/c1-6-8-10-12-14-16-18-20-22-23-24-25-26-27-29-30-32-34-36-38-40-42-50(54)59-47-48(46-58-45-44-49(52(56)57)53(3,4)5)60-51(55)43-41-39-37-35-33-31-28-21-19-17-15-13-11-9-7-2/h8,10,14,16-17,19-20,22,24-25,27,29,32,34,48-49H,6-7,9,11-13,15,18,21,23,26,28,30-31,33,35-47H2,1-5H3/p+1/b10-8+,16-14+,19-17+,22-20+,25-24+,29-27+,34-32+. The average molecular weight is 839 g/mol. The lowest BCUT2D eigenvalue weighted by Crippen LogP contribution is -2.50. The van der Waals surface area contributed by atoms with Crippen molar-refractivity contribution in [2.75, 3.05) is 41.0 Å². The molecule has 0 radical (unpaired) electrons. The van der Waals surface area contributed by atoms with E-state index in [4.69, 9.17) is 14.2 Å². The van der Waals surface area contributed by atoms with Crippen molar-refractivity contribution in [1.29, 1.82) is 0 Å². The van der Waals surface area contributed by atoms with Gasteiger partial charge in [-0.2, -0.15) is 0 Å². The molecule has 8 nitrogen and oxygen atoms in total. The summed E-state index contributed by atoms with van der Waals surface area (Å²) in [7, 11) is 5.51. The van der Waals surface area contributed by atoms with Crippen LogP contribution in [-0.2, 0) is 28.6 Å². The van der Waals surface area contributed by atoms with Gasteiger partial charge in [0.15, 0.2) is 12.1 Å². The zero-order chi connectivity index (χ0) is 44.2. The molecule has 0 aromatic rings. The number of rotatable bonds is 41. The minimum Gasteiger partial charge on any atom is -0.477 e. The Hall–Kier alpha value is -3.49. The Morgan fingerprint density at radius 2 is 0.933 bits per heavy atom. The number of carbonyl (C=O) groups is 3. The number of ether oxygens (including phenoxy) is 3. The SMILES string of the molecule is CC/C=C/C/C=C/C/C=C/C/C=C/C/C=C/C/C=C/CCCCC(=O)OCC(COCCC(C(=O)O)[N+](C)(C)C)OC(=O)CCCCCCCCC/C=C/CCCCCC. The van der Waals surface area contributed by atoms with Crippen molar-refractivity contribution >= 4 is 17.9 Å². The fourth-order valence-corrected chi connectivity index (χ4v) is 6.38. The Morgan fingerprint density at radius 3 is 1.43 bits per heavy atom. The van der Waals surface area contributed by atoms with Crippen LogP contribution in [0, 0.1) is 0 Å². The molecule has 8 heteroatoms. The summed E-state index contributed by atoms with van der Waals surface area (Å²) < 4.78 is 17.3. The molecule has 0 aliphatic rings. The first-order valence-electron chi connectivity index (χ1n) is 23.6. The van der Waals surface area contributed by atoms with Crippen LogP contribution in [-0.4, -0.2) is 80.6 Å². The summed E-state index contributed by atoms with van der Waals surface area (Å²) in [5.41, 5.74) is 0. The Morgan fingerprint density at radius 1 is 0.517 bits per heavy atom. The largest absolute Gasteiger partial charge is 0.477 e. The van der Waals surface area contributed by atoms with Gasteiger partial charge in [-0.25, -0.2) is 4.79 Å². The third kappa shape index (κ3) is 39.9. The summed E-state index contributed by atoms with van der Waals surface area (Å²) in [5, 5.41) is 9.63. The number of quaternary nitrogens is 1. The summed E-state index contributed by atoms with van der Waals surface area (Å²) in [6, 6.07) is -0.626. The molecule has 342 valence electrons. The summed E-state index contributed by atoms with van der Waals surface area (Å²) in [4.78, 5) is 37.0. The summed E-state index contributed by atoms with van der Waals surface area (Å²) in [6.07, 6.45) is 54.8. The van der Waals surface area contributed by atoms with Crippen LogP contribution in [0.1, 0.15) is 174 Å². The first kappa shape index (κ1) is 56.5. The van der Waals surface area contributed by atoms with E-state index in [0.717, 1.165) is 70.6 Å². The summed E-state index contributed by atoms with van der Waals surface area (Å²) in [6.45, 7) is 4.55. The highest BCUT2D eigenvalue weighted by molar-refractivity contribution is 5.72. The van der Waals surface area contributed by atoms with E-state index in [0.29, 0.717) is 25.7 Å². The van der Waals surface area contributed by atoms with E-state index in [-0.39, 0.29) is 36.2 Å². The molecule has 0 aromatic heterocycles. The molecule has 0 spiro atoms. The average Bonchev–Trinajstić information content (AvgIpc) is 3.21. The van der Waals surface area contributed by atoms with Gasteiger partial charge >= 0.3 is 17.9 Å². The van der Waals surface area contributed by atoms with E-state index in [9.17, 15) is 19.5 Å². The van der Waals surface area contributed by atoms with Gasteiger partial charge in [-0.1, -0.05) is 150 Å². The van der Waals surface area contributed by atoms with Gasteiger partial charge in [-0.05, 0) is 89.9 Å². The van der Waals surface area contributed by atoms with Crippen molar-refractivity contribution < 1.29 is 38.2 Å². The Labute approximate surface area is 367 Å². The molecular weight excluding hydrogens is 751 g/mol. The van der Waals surface area contributed by atoms with Crippen molar-refractivity contribution in [2.45, 2.75) is 187 Å². The molecule has 0 aromatic carbocycles. The molecule has 0 aliphatic heterocycles. The van der Waals surface area contributed by atoms with Gasteiger partial charge in [0.05, 0.1) is 34.4 Å². The molecule has 60 heavy (non-hydrogen) atoms. The molecule has 0 saturated heterocycles. The van der Waals surface area contributed by atoms with E-state index in [1.54, 1.807) is 0 Å². The van der Waals surface area contributed by atoms with Gasteiger partial charge in [0, 0.05) is 19.3 Å². The lowest BCUT2D eigenvalue weighted by molar-refractivity contribution is -0.887. The first-order chi connectivity index (χ1) is 29.1. The third-order valence-corrected chi connectivity index (χ3v) is 10.0. The van der Waals surface area contributed by atoms with Gasteiger partial charge in [0.2, 0.25) is 0 Å². The molecule has 1 N–H and O–H groups in total. The molecule has 2 atom stereocenters. The molecule has 0 aliphatic carbocycles. The normalized spacial score (nSPS) is 13.7. The number of nitrogens with zero attached hydrogens (tertiary/aromatic N) is 1. The van der Waals surface area contributed by atoms with Gasteiger partial charge in [-0.15, -0.1) is 0 Å². The molecular formula is C52H88NO7+. The lowest BCUT2D eigenvalue weighted by Gasteiger charge is -2.31. The smallest absolute Gasteiger partial charge is 0.362 e. The Bertz CT molecular complexity index is 1250. The van der Waals surface area contributed by atoms with Crippen LogP contribution < -0.4 is 0 Å². The number of carboxylic acid groups (broad SMARTS) is 1. The fraction of sp³-hybridized carbons (Fsp3) is 0.673. The monoisotopic (exact) mass is 839 g/mol. The Kier molecular flexibility index (Phi) is 39.8. The second-order valence-corrected chi connectivity index (χ2v) is 16.6. The minimum absolute atomic E-state index is 0.0409. The Balaban J connectivity index is 4.40. The van der Waals surface area contributed by atoms with E-state index in [1.165, 1.54) is 64.2 Å². The highest BCUT2D eigenvalue weighted by atomic mass is 16.6. The number of carboxylic acids is 1. The van der Waals surface area contributed by atoms with Gasteiger partial charge in [0.25, 0.3) is 0 Å². The molecule has 0 fully saturated rings. The quantitative estimate of drug-likeness (QED) is 0.0283. The van der Waals surface area contributed by atoms with Crippen LogP contribution >= 0.6 is 0 Å². The molecule has 0 saturated carbocycles. The van der Waals surface area contributed by atoms with Crippen LogP contribution in [0.25, 0.3) is 0 Å². The van der Waals surface area contributed by atoms with Crippen molar-refractivity contribution in [3.63, 3.8) is 0 Å². The molecule has 0 heterocycles. The van der Waals surface area contributed by atoms with Gasteiger partial charge in [-0.3, -0.25) is 9.59 Å². The maximum absolute atomic E-state index is 12.7. The van der Waals surface area contributed by atoms with Crippen LogP contribution in [0.2, 0.25) is 0 Å². The maximum Gasteiger partial charge on any atom is 0.362 e. The summed E-state index contributed by atoms with van der Waals surface area (Å²) >= 11 is 0. The highest BCUT2D eigenvalue weighted by Gasteiger charge is 2.31. The van der Waals surface area contributed by atoms with Gasteiger partial charge in [0.1, 0.15) is 6.61 Å². The third-order valence-electron chi connectivity index (χ3n) is 10.0. The summed E-state index contributed by atoms with van der Waals surface area (Å²) in [5.74, 6) is -1.54. The van der Waals surface area contributed by atoms with Crippen LogP contribution in [0.4, 0.5) is 0 Å². The number of esters is 2. The molecule has 0 rings (SSSR count). The zero-order valence-electron chi connectivity index (χ0n) is 38.9. The van der Waals surface area contributed by atoms with Crippen LogP contribution in [0.3, 0.4) is 0 Å².